The van der Waals surface area contributed by atoms with Crippen LogP contribution < -0.4 is 5.32 Å². The molecule has 3 rings (SSSR count). The van der Waals surface area contributed by atoms with Crippen LogP contribution in [-0.4, -0.2) is 32.5 Å². The van der Waals surface area contributed by atoms with E-state index >= 15 is 0 Å². The van der Waals surface area contributed by atoms with Gasteiger partial charge in [-0.15, -0.1) is 0 Å². The number of methoxy groups -OCH3 is 1. The molecule has 1 N–H and O–H groups in total. The fourth-order valence-corrected chi connectivity index (χ4v) is 5.30. The predicted molar refractivity (Wildman–Crippen MR) is 94.8 cm³/mol. The molecule has 3 aliphatic carbocycles. The molecule has 1 amide bonds. The van der Waals surface area contributed by atoms with Crippen LogP contribution in [0.25, 0.3) is 0 Å². The third kappa shape index (κ3) is 3.10. The van der Waals surface area contributed by atoms with Crippen molar-refractivity contribution in [3.8, 4) is 0 Å². The summed E-state index contributed by atoms with van der Waals surface area (Å²) >= 11 is 0. The summed E-state index contributed by atoms with van der Waals surface area (Å²) in [7, 11) is 3.40. The van der Waals surface area contributed by atoms with Gasteiger partial charge >= 0.3 is 6.09 Å². The average Bonchev–Trinajstić information content (AvgIpc) is 3.45. The Balaban J connectivity index is 1.78. The van der Waals surface area contributed by atoms with Gasteiger partial charge in [-0.3, -0.25) is 0 Å². The predicted octanol–water partition coefficient (Wildman–Crippen LogP) is 4.30. The molecular weight excluding hydrogens is 302 g/mol. The Morgan fingerprint density at radius 1 is 1.29 bits per heavy atom. The zero-order valence-electron chi connectivity index (χ0n) is 15.9. The zero-order valence-corrected chi connectivity index (χ0v) is 15.9. The largest absolute Gasteiger partial charge is 0.443 e. The summed E-state index contributed by atoms with van der Waals surface area (Å²) in [5.41, 5.74) is 2.17. The lowest BCUT2D eigenvalue weighted by atomic mass is 9.65. The number of carbonyl (C=O) groups excluding carboxylic acids is 1. The monoisotopic (exact) mass is 335 g/mol. The number of rotatable bonds is 5. The van der Waals surface area contributed by atoms with E-state index in [9.17, 15) is 4.79 Å². The number of ether oxygens (including phenoxy) is 2. The van der Waals surface area contributed by atoms with E-state index in [0.29, 0.717) is 16.7 Å². The summed E-state index contributed by atoms with van der Waals surface area (Å²) < 4.78 is 11.6. The Morgan fingerprint density at radius 3 is 2.54 bits per heavy atom. The third-order valence-electron chi connectivity index (χ3n) is 6.89. The highest BCUT2D eigenvalue weighted by Gasteiger charge is 2.68. The van der Waals surface area contributed by atoms with Crippen molar-refractivity contribution in [2.45, 2.75) is 71.5 Å². The minimum absolute atomic E-state index is 0.0280. The van der Waals surface area contributed by atoms with Crippen molar-refractivity contribution >= 4 is 6.09 Å². The third-order valence-corrected chi connectivity index (χ3v) is 6.89. The summed E-state index contributed by atoms with van der Waals surface area (Å²) in [6.45, 7) is 6.79. The smallest absolute Gasteiger partial charge is 0.407 e. The number of amides is 1. The van der Waals surface area contributed by atoms with Crippen molar-refractivity contribution in [1.82, 2.24) is 5.32 Å². The summed E-state index contributed by atoms with van der Waals surface area (Å²) in [5, 5.41) is 2.58. The van der Waals surface area contributed by atoms with Crippen LogP contribution in [0.15, 0.2) is 11.6 Å². The minimum atomic E-state index is -0.338. The van der Waals surface area contributed by atoms with Gasteiger partial charge in [0.2, 0.25) is 0 Å². The van der Waals surface area contributed by atoms with Gasteiger partial charge in [0.1, 0.15) is 6.10 Å². The summed E-state index contributed by atoms with van der Waals surface area (Å²) in [6.07, 6.45) is 9.12. The SMILES string of the molecule is CNC(=O)OC1CCC2(CC2)C(C2(C)CC2CC=C(C)C)C1OC. The van der Waals surface area contributed by atoms with Gasteiger partial charge in [-0.25, -0.2) is 4.79 Å². The molecule has 5 unspecified atom stereocenters. The number of allylic oxidation sites excluding steroid dienone is 2. The second-order valence-corrected chi connectivity index (χ2v) is 8.70. The van der Waals surface area contributed by atoms with E-state index in [2.05, 4.69) is 32.2 Å². The van der Waals surface area contributed by atoms with Gasteiger partial charge in [0, 0.05) is 20.1 Å². The molecule has 1 spiro atoms. The van der Waals surface area contributed by atoms with Gasteiger partial charge in [-0.2, -0.15) is 0 Å². The topological polar surface area (TPSA) is 47.6 Å². The molecule has 0 bridgehead atoms. The zero-order chi connectivity index (χ0) is 17.5. The van der Waals surface area contributed by atoms with Crippen LogP contribution >= 0.6 is 0 Å². The molecular formula is C20H33NO3. The first-order valence-electron chi connectivity index (χ1n) is 9.41. The number of hydrogen-bond acceptors (Lipinski definition) is 3. The van der Waals surface area contributed by atoms with Gasteiger partial charge in [-0.05, 0) is 69.1 Å². The van der Waals surface area contributed by atoms with E-state index in [4.69, 9.17) is 9.47 Å². The van der Waals surface area contributed by atoms with Crippen LogP contribution in [0.4, 0.5) is 4.79 Å². The second-order valence-electron chi connectivity index (χ2n) is 8.70. The van der Waals surface area contributed by atoms with Crippen LogP contribution in [-0.2, 0) is 9.47 Å². The molecule has 5 atom stereocenters. The minimum Gasteiger partial charge on any atom is -0.443 e. The van der Waals surface area contributed by atoms with Crippen molar-refractivity contribution < 1.29 is 14.3 Å². The maximum absolute atomic E-state index is 11.7. The Bertz CT molecular complexity index is 521. The number of hydrogen-bond donors (Lipinski definition) is 1. The Labute approximate surface area is 146 Å². The van der Waals surface area contributed by atoms with Gasteiger partial charge in [0.05, 0.1) is 6.10 Å². The summed E-state index contributed by atoms with van der Waals surface area (Å²) in [5.74, 6) is 1.25. The first-order valence-corrected chi connectivity index (χ1v) is 9.41. The molecule has 0 saturated heterocycles. The average molecular weight is 335 g/mol. The quantitative estimate of drug-likeness (QED) is 0.762. The molecule has 4 heteroatoms. The normalized spacial score (nSPS) is 39.2. The highest BCUT2D eigenvalue weighted by Crippen LogP contribution is 2.73. The number of nitrogens with one attached hydrogen (secondary N) is 1. The van der Waals surface area contributed by atoms with E-state index in [1.54, 1.807) is 14.2 Å². The maximum Gasteiger partial charge on any atom is 0.407 e. The van der Waals surface area contributed by atoms with E-state index in [0.717, 1.165) is 12.3 Å². The van der Waals surface area contributed by atoms with Crippen molar-refractivity contribution in [1.29, 1.82) is 0 Å². The van der Waals surface area contributed by atoms with Crippen LogP contribution in [0, 0.1) is 22.7 Å². The molecule has 0 aromatic carbocycles. The second kappa shape index (κ2) is 6.36. The molecule has 3 saturated carbocycles. The first kappa shape index (κ1) is 17.8. The van der Waals surface area contributed by atoms with E-state index in [1.165, 1.54) is 37.7 Å². The molecule has 0 aromatic heterocycles. The van der Waals surface area contributed by atoms with Crippen LogP contribution in [0.2, 0.25) is 0 Å². The fourth-order valence-electron chi connectivity index (χ4n) is 5.30. The Kier molecular flexibility index (Phi) is 4.71. The molecule has 0 radical (unpaired) electrons. The van der Waals surface area contributed by atoms with Gasteiger partial charge in [-0.1, -0.05) is 18.6 Å². The molecule has 3 fully saturated rings. The number of alkyl carbamates (subject to hydrolysis) is 1. The molecule has 0 aliphatic heterocycles. The molecule has 4 nitrogen and oxygen atoms in total. The van der Waals surface area contributed by atoms with Crippen molar-refractivity contribution in [3.63, 3.8) is 0 Å². The Hall–Kier alpha value is -1.03. The standard InChI is InChI=1S/C20H33NO3/c1-13(2)6-7-14-12-19(14,3)17-16(23-5)15(24-18(22)21-4)8-9-20(17)10-11-20/h6,14-17H,7-12H2,1-5H3,(H,21,22). The molecule has 3 aliphatic rings. The highest BCUT2D eigenvalue weighted by atomic mass is 16.6. The molecule has 136 valence electrons. The number of carbonyl (C=O) groups is 1. The van der Waals surface area contributed by atoms with Crippen LogP contribution in [0.1, 0.15) is 59.3 Å². The first-order chi connectivity index (χ1) is 11.4. The molecule has 0 heterocycles. The van der Waals surface area contributed by atoms with E-state index < -0.39 is 0 Å². The summed E-state index contributed by atoms with van der Waals surface area (Å²) in [6, 6.07) is 0. The molecule has 0 aromatic rings. The molecule has 24 heavy (non-hydrogen) atoms. The van der Waals surface area contributed by atoms with Crippen molar-refractivity contribution in [3.05, 3.63) is 11.6 Å². The van der Waals surface area contributed by atoms with Crippen molar-refractivity contribution in [2.75, 3.05) is 14.2 Å². The lowest BCUT2D eigenvalue weighted by Gasteiger charge is -2.46. The lowest BCUT2D eigenvalue weighted by Crippen LogP contribution is -2.50. The van der Waals surface area contributed by atoms with Crippen LogP contribution in [0.3, 0.4) is 0 Å². The highest BCUT2D eigenvalue weighted by molar-refractivity contribution is 5.67. The van der Waals surface area contributed by atoms with Gasteiger partial charge in [0.25, 0.3) is 0 Å². The Morgan fingerprint density at radius 2 is 2.00 bits per heavy atom. The van der Waals surface area contributed by atoms with Crippen molar-refractivity contribution in [2.24, 2.45) is 22.7 Å². The van der Waals surface area contributed by atoms with Crippen LogP contribution in [0.5, 0.6) is 0 Å². The lowest BCUT2D eigenvalue weighted by molar-refractivity contribution is -0.120. The summed E-state index contributed by atoms with van der Waals surface area (Å²) in [4.78, 5) is 11.7. The van der Waals surface area contributed by atoms with E-state index in [-0.39, 0.29) is 18.3 Å². The van der Waals surface area contributed by atoms with E-state index in [1.807, 2.05) is 0 Å². The van der Waals surface area contributed by atoms with Gasteiger partial charge < -0.3 is 14.8 Å². The fraction of sp³-hybridized carbons (Fsp3) is 0.850. The maximum atomic E-state index is 11.7. The van der Waals surface area contributed by atoms with Gasteiger partial charge in [0.15, 0.2) is 0 Å².